The van der Waals surface area contributed by atoms with Gasteiger partial charge in [-0.2, -0.15) is 0 Å². The molecular weight excluding hydrogens is 368 g/mol. The lowest BCUT2D eigenvalue weighted by molar-refractivity contribution is 0.262. The first kappa shape index (κ1) is 18.1. The molecule has 3 heterocycles. The zero-order chi connectivity index (χ0) is 19.8. The molecule has 2 N–H and O–H groups in total. The molecule has 3 aliphatic heterocycles. The second kappa shape index (κ2) is 7.48. The summed E-state index contributed by atoms with van der Waals surface area (Å²) >= 11 is 0. The topological polar surface area (TPSA) is 66.1 Å². The van der Waals surface area contributed by atoms with Crippen molar-refractivity contribution < 1.29 is 14.3 Å². The Balaban J connectivity index is 1.27. The highest BCUT2D eigenvalue weighted by molar-refractivity contribution is 6.02. The van der Waals surface area contributed by atoms with Gasteiger partial charge in [-0.15, -0.1) is 0 Å². The van der Waals surface area contributed by atoms with Gasteiger partial charge in [0.15, 0.2) is 0 Å². The lowest BCUT2D eigenvalue weighted by atomic mass is 10.0. The van der Waals surface area contributed by atoms with Gasteiger partial charge in [-0.05, 0) is 37.4 Å². The zero-order valence-corrected chi connectivity index (χ0v) is 16.7. The van der Waals surface area contributed by atoms with Crippen LogP contribution in [-0.4, -0.2) is 57.4 Å². The van der Waals surface area contributed by atoms with Crippen LogP contribution in [0.3, 0.4) is 0 Å². The van der Waals surface area contributed by atoms with Gasteiger partial charge >= 0.3 is 6.03 Å². The average molecular weight is 394 g/mol. The number of hydrogen-bond acceptors (Lipinski definition) is 5. The van der Waals surface area contributed by atoms with Crippen molar-refractivity contribution in [1.82, 2.24) is 4.90 Å². The van der Waals surface area contributed by atoms with Crippen LogP contribution in [0.15, 0.2) is 30.3 Å². The number of nitrogens with zero attached hydrogens (tertiary/aromatic N) is 2. The average Bonchev–Trinajstić information content (AvgIpc) is 3.38. The molecule has 1 saturated heterocycles. The Kier molecular flexibility index (Phi) is 4.67. The summed E-state index contributed by atoms with van der Waals surface area (Å²) in [4.78, 5) is 17.4. The predicted molar refractivity (Wildman–Crippen MR) is 114 cm³/mol. The van der Waals surface area contributed by atoms with E-state index in [1.807, 2.05) is 18.2 Å². The Morgan fingerprint density at radius 1 is 0.966 bits per heavy atom. The number of nitrogens with one attached hydrogen (secondary N) is 2. The summed E-state index contributed by atoms with van der Waals surface area (Å²) < 4.78 is 11.5. The number of carbonyl (C=O) groups is 1. The van der Waals surface area contributed by atoms with Gasteiger partial charge in [0, 0.05) is 61.5 Å². The van der Waals surface area contributed by atoms with Crippen LogP contribution >= 0.6 is 0 Å². The molecule has 0 radical (unpaired) electrons. The highest BCUT2D eigenvalue weighted by Gasteiger charge is 2.27. The van der Waals surface area contributed by atoms with Gasteiger partial charge < -0.3 is 29.9 Å². The monoisotopic (exact) mass is 394 g/mol. The maximum Gasteiger partial charge on any atom is 0.323 e. The van der Waals surface area contributed by atoms with Crippen molar-refractivity contribution in [2.24, 2.45) is 0 Å². The highest BCUT2D eigenvalue weighted by Crippen LogP contribution is 2.44. The van der Waals surface area contributed by atoms with Gasteiger partial charge in [0.1, 0.15) is 11.5 Å². The zero-order valence-electron chi connectivity index (χ0n) is 16.7. The van der Waals surface area contributed by atoms with E-state index in [2.05, 4.69) is 39.6 Å². The Hall–Kier alpha value is -2.93. The third-order valence-electron chi connectivity index (χ3n) is 5.88. The van der Waals surface area contributed by atoms with E-state index in [4.69, 9.17) is 9.47 Å². The summed E-state index contributed by atoms with van der Waals surface area (Å²) in [6, 6.07) is 9.81. The van der Waals surface area contributed by atoms with Gasteiger partial charge in [-0.25, -0.2) is 4.79 Å². The first-order valence-corrected chi connectivity index (χ1v) is 10.2. The summed E-state index contributed by atoms with van der Waals surface area (Å²) in [7, 11) is 2.15. The third kappa shape index (κ3) is 3.58. The highest BCUT2D eigenvalue weighted by atomic mass is 16.5. The molecule has 0 atom stereocenters. The summed E-state index contributed by atoms with van der Waals surface area (Å²) in [5.74, 6) is 1.65. The molecule has 2 aromatic carbocycles. The standard InChI is InChI=1S/C22H26N4O3/c1-25-8-10-26(11-9-25)17-4-2-16(3-5-17)23-22(27)24-20-18-7-13-28-19(18)14-15-6-12-29-21(15)20/h2-5,14H,6-13H2,1H3,(H2,23,24,27). The summed E-state index contributed by atoms with van der Waals surface area (Å²) in [5, 5.41) is 5.94. The van der Waals surface area contributed by atoms with Crippen molar-refractivity contribution in [2.75, 3.05) is 62.0 Å². The second-order valence-electron chi connectivity index (χ2n) is 7.83. The van der Waals surface area contributed by atoms with E-state index in [-0.39, 0.29) is 6.03 Å². The third-order valence-corrected chi connectivity index (χ3v) is 5.88. The van der Waals surface area contributed by atoms with E-state index < -0.39 is 0 Å². The maximum atomic E-state index is 12.7. The molecule has 2 amide bonds. The second-order valence-corrected chi connectivity index (χ2v) is 7.83. The lowest BCUT2D eigenvalue weighted by Crippen LogP contribution is -2.44. The van der Waals surface area contributed by atoms with Gasteiger partial charge in [0.25, 0.3) is 0 Å². The predicted octanol–water partition coefficient (Wildman–Crippen LogP) is 2.95. The molecule has 7 heteroatoms. The van der Waals surface area contributed by atoms with Crippen LogP contribution in [0.25, 0.3) is 0 Å². The van der Waals surface area contributed by atoms with Crippen LogP contribution in [0.4, 0.5) is 21.9 Å². The van der Waals surface area contributed by atoms with Crippen molar-refractivity contribution in [2.45, 2.75) is 12.8 Å². The smallest absolute Gasteiger partial charge is 0.323 e. The minimum atomic E-state index is -0.268. The SMILES string of the molecule is CN1CCN(c2ccc(NC(=O)Nc3c4c(cc5c3OCC5)OCC4)cc2)CC1. The number of rotatable bonds is 3. The van der Waals surface area contributed by atoms with Gasteiger partial charge in [0.2, 0.25) is 0 Å². The van der Waals surface area contributed by atoms with E-state index >= 15 is 0 Å². The molecule has 5 rings (SSSR count). The molecule has 0 aromatic heterocycles. The van der Waals surface area contributed by atoms with Crippen LogP contribution in [0.2, 0.25) is 0 Å². The summed E-state index contributed by atoms with van der Waals surface area (Å²) in [6.07, 6.45) is 1.62. The fourth-order valence-electron chi connectivity index (χ4n) is 4.21. The molecule has 1 fully saturated rings. The summed E-state index contributed by atoms with van der Waals surface area (Å²) in [6.45, 7) is 5.47. The quantitative estimate of drug-likeness (QED) is 0.838. The molecule has 0 spiro atoms. The van der Waals surface area contributed by atoms with Crippen LogP contribution in [-0.2, 0) is 12.8 Å². The molecule has 29 heavy (non-hydrogen) atoms. The molecule has 3 aliphatic rings. The van der Waals surface area contributed by atoms with E-state index in [0.29, 0.717) is 13.2 Å². The first-order valence-electron chi connectivity index (χ1n) is 10.2. The first-order chi connectivity index (χ1) is 14.2. The number of fused-ring (bicyclic) bond motifs is 2. The molecule has 7 nitrogen and oxygen atoms in total. The Labute approximate surface area is 170 Å². The number of carbonyl (C=O) groups excluding carboxylic acids is 1. The number of piperazine rings is 1. The van der Waals surface area contributed by atoms with E-state index in [1.165, 1.54) is 5.69 Å². The Morgan fingerprint density at radius 2 is 1.72 bits per heavy atom. The normalized spacial score (nSPS) is 17.9. The number of amides is 2. The Morgan fingerprint density at radius 3 is 2.52 bits per heavy atom. The van der Waals surface area contributed by atoms with Crippen LogP contribution in [0.5, 0.6) is 11.5 Å². The molecule has 0 bridgehead atoms. The number of ether oxygens (including phenoxy) is 2. The number of anilines is 3. The van der Waals surface area contributed by atoms with Crippen molar-refractivity contribution in [3.05, 3.63) is 41.5 Å². The minimum absolute atomic E-state index is 0.268. The molecular formula is C22H26N4O3. The van der Waals surface area contributed by atoms with Gasteiger partial charge in [-0.1, -0.05) is 0 Å². The van der Waals surface area contributed by atoms with Crippen LogP contribution in [0, 0.1) is 0 Å². The molecule has 0 aliphatic carbocycles. The fraction of sp³-hybridized carbons (Fsp3) is 0.409. The van der Waals surface area contributed by atoms with Crippen molar-refractivity contribution >= 4 is 23.1 Å². The van der Waals surface area contributed by atoms with Crippen LogP contribution in [0.1, 0.15) is 11.1 Å². The maximum absolute atomic E-state index is 12.7. The minimum Gasteiger partial charge on any atom is -0.493 e. The number of hydrogen-bond donors (Lipinski definition) is 2. The van der Waals surface area contributed by atoms with E-state index in [9.17, 15) is 4.79 Å². The molecule has 2 aromatic rings. The number of urea groups is 1. The molecule has 0 unspecified atom stereocenters. The number of benzene rings is 2. The number of likely N-dealkylation sites (N-methyl/N-ethyl adjacent to an activating group) is 1. The van der Waals surface area contributed by atoms with E-state index in [1.54, 1.807) is 0 Å². The lowest BCUT2D eigenvalue weighted by Gasteiger charge is -2.34. The van der Waals surface area contributed by atoms with Crippen molar-refractivity contribution in [3.63, 3.8) is 0 Å². The largest absolute Gasteiger partial charge is 0.493 e. The van der Waals surface area contributed by atoms with Crippen molar-refractivity contribution in [1.29, 1.82) is 0 Å². The van der Waals surface area contributed by atoms with Gasteiger partial charge in [0.05, 0.1) is 18.9 Å². The van der Waals surface area contributed by atoms with Gasteiger partial charge in [-0.3, -0.25) is 0 Å². The van der Waals surface area contributed by atoms with Crippen molar-refractivity contribution in [3.8, 4) is 11.5 Å². The van der Waals surface area contributed by atoms with Crippen LogP contribution < -0.4 is 25.0 Å². The molecule has 152 valence electrons. The fourth-order valence-corrected chi connectivity index (χ4v) is 4.21. The Bertz CT molecular complexity index is 888. The molecule has 0 saturated carbocycles. The summed E-state index contributed by atoms with van der Waals surface area (Å²) in [5.41, 5.74) is 4.82. The van der Waals surface area contributed by atoms with E-state index in [0.717, 1.165) is 73.0 Å².